The molecule has 0 spiro atoms. The van der Waals surface area contributed by atoms with E-state index in [4.69, 9.17) is 9.84 Å². The molecule has 1 aliphatic heterocycles. The lowest BCUT2D eigenvalue weighted by molar-refractivity contribution is -0.143. The summed E-state index contributed by atoms with van der Waals surface area (Å²) >= 11 is 0. The van der Waals surface area contributed by atoms with Gasteiger partial charge in [0.1, 0.15) is 6.10 Å². The summed E-state index contributed by atoms with van der Waals surface area (Å²) in [5, 5.41) is 11.3. The fourth-order valence-corrected chi connectivity index (χ4v) is 4.55. The number of alkyl carbamates (subject to hydrolysis) is 1. The van der Waals surface area contributed by atoms with Gasteiger partial charge < -0.3 is 25.0 Å². The van der Waals surface area contributed by atoms with E-state index >= 15 is 0 Å². The summed E-state index contributed by atoms with van der Waals surface area (Å²) in [6.45, 7) is 1.20. The zero-order chi connectivity index (χ0) is 29.0. The van der Waals surface area contributed by atoms with Gasteiger partial charge in [-0.15, -0.1) is 0 Å². The van der Waals surface area contributed by atoms with Gasteiger partial charge in [0.15, 0.2) is 0 Å². The number of alkyl halides is 6. The van der Waals surface area contributed by atoms with Crippen molar-refractivity contribution in [3.8, 4) is 0 Å². The average molecular weight is 562 g/mol. The molecule has 3 rings (SSSR count). The van der Waals surface area contributed by atoms with Crippen LogP contribution in [0.4, 0.5) is 35.9 Å². The molecule has 2 atom stereocenters. The maximum absolute atomic E-state index is 13.5. The van der Waals surface area contributed by atoms with Crippen LogP contribution in [0, 0.1) is 6.92 Å². The number of hydrogen-bond acceptors (Lipinski definition) is 4. The fraction of sp³-hybridized carbons (Fsp3) is 0.462. The molecule has 1 fully saturated rings. The Morgan fingerprint density at radius 2 is 1.69 bits per heavy atom. The number of carbonyl (C=O) groups excluding carboxylic acids is 2. The monoisotopic (exact) mass is 561 g/mol. The Kier molecular flexibility index (Phi) is 9.36. The number of carbonyl (C=O) groups is 2. The molecule has 214 valence electrons. The SMILES string of the molecule is Cc1ccccc1[C@H]1C[C@@H](OC(=O)NCCO)CCN1C(=O)N(C)Cc1cc(C(F)(F)F)cc(C(F)(F)F)c1. The molecule has 0 radical (unpaired) electrons. The quantitative estimate of drug-likeness (QED) is 0.456. The van der Waals surface area contributed by atoms with Crippen molar-refractivity contribution in [1.82, 2.24) is 15.1 Å². The van der Waals surface area contributed by atoms with Crippen LogP contribution in [0.2, 0.25) is 0 Å². The first-order valence-corrected chi connectivity index (χ1v) is 12.1. The van der Waals surface area contributed by atoms with Crippen LogP contribution in [-0.4, -0.2) is 59.9 Å². The fourth-order valence-electron chi connectivity index (χ4n) is 4.55. The van der Waals surface area contributed by atoms with Gasteiger partial charge in [-0.1, -0.05) is 24.3 Å². The molecule has 3 amide bonds. The number of halogens is 6. The molecule has 1 aliphatic rings. The number of aryl methyl sites for hydroxylation is 1. The molecule has 39 heavy (non-hydrogen) atoms. The number of rotatable bonds is 6. The Hall–Kier alpha value is -3.48. The Morgan fingerprint density at radius 1 is 1.08 bits per heavy atom. The second-order valence-electron chi connectivity index (χ2n) is 9.32. The van der Waals surface area contributed by atoms with Crippen molar-refractivity contribution >= 4 is 12.1 Å². The molecular weight excluding hydrogens is 532 g/mol. The Labute approximate surface area is 221 Å². The van der Waals surface area contributed by atoms with Crippen LogP contribution in [0.25, 0.3) is 0 Å². The number of hydrogen-bond donors (Lipinski definition) is 2. The smallest absolute Gasteiger partial charge is 0.416 e. The standard InChI is InChI=1S/C26H29F6N3O4/c1-16-5-3-4-6-21(16)22-14-20(39-23(37)33-8-10-36)7-9-35(22)24(38)34(2)15-17-11-18(25(27,28)29)13-19(12-17)26(30,31)32/h3-6,11-13,20,22,36H,7-10,14-15H2,1-2H3,(H,33,37)/t20-,22+/m0/s1. The van der Waals surface area contributed by atoms with E-state index in [9.17, 15) is 35.9 Å². The van der Waals surface area contributed by atoms with E-state index in [1.165, 1.54) is 11.9 Å². The molecular formula is C26H29F6N3O4. The summed E-state index contributed by atoms with van der Waals surface area (Å²) in [5.74, 6) is 0. The number of piperidine rings is 1. The second-order valence-corrected chi connectivity index (χ2v) is 9.32. The van der Waals surface area contributed by atoms with Crippen molar-refractivity contribution in [3.63, 3.8) is 0 Å². The summed E-state index contributed by atoms with van der Waals surface area (Å²) < 4.78 is 85.2. The molecule has 0 bridgehead atoms. The van der Waals surface area contributed by atoms with Crippen molar-refractivity contribution in [2.45, 2.75) is 50.8 Å². The van der Waals surface area contributed by atoms with Gasteiger partial charge in [-0.2, -0.15) is 26.3 Å². The van der Waals surface area contributed by atoms with Gasteiger partial charge in [-0.25, -0.2) is 9.59 Å². The zero-order valence-corrected chi connectivity index (χ0v) is 21.3. The molecule has 7 nitrogen and oxygen atoms in total. The van der Waals surface area contributed by atoms with Crippen LogP contribution < -0.4 is 5.32 Å². The summed E-state index contributed by atoms with van der Waals surface area (Å²) in [5.41, 5.74) is -1.62. The van der Waals surface area contributed by atoms with Gasteiger partial charge in [-0.3, -0.25) is 0 Å². The minimum atomic E-state index is -5.00. The highest BCUT2D eigenvalue weighted by Gasteiger charge is 2.38. The van der Waals surface area contributed by atoms with E-state index in [2.05, 4.69) is 5.32 Å². The lowest BCUT2D eigenvalue weighted by Gasteiger charge is -2.41. The van der Waals surface area contributed by atoms with Gasteiger partial charge in [-0.05, 0) is 41.8 Å². The Balaban J connectivity index is 1.85. The molecule has 0 aromatic heterocycles. The van der Waals surface area contributed by atoms with E-state index < -0.39 is 54.3 Å². The second kappa shape index (κ2) is 12.1. The van der Waals surface area contributed by atoms with Gasteiger partial charge in [0, 0.05) is 39.5 Å². The van der Waals surface area contributed by atoms with E-state index in [0.29, 0.717) is 12.1 Å². The van der Waals surface area contributed by atoms with Crippen LogP contribution in [0.15, 0.2) is 42.5 Å². The molecule has 13 heteroatoms. The molecule has 0 saturated carbocycles. The zero-order valence-electron chi connectivity index (χ0n) is 21.3. The predicted molar refractivity (Wildman–Crippen MR) is 129 cm³/mol. The number of aliphatic hydroxyl groups is 1. The number of nitrogens with one attached hydrogen (secondary N) is 1. The van der Waals surface area contributed by atoms with Crippen LogP contribution in [0.5, 0.6) is 0 Å². The van der Waals surface area contributed by atoms with E-state index in [1.54, 1.807) is 12.1 Å². The third-order valence-corrected chi connectivity index (χ3v) is 6.40. The van der Waals surface area contributed by atoms with Crippen LogP contribution in [0.3, 0.4) is 0 Å². The maximum atomic E-state index is 13.5. The molecule has 2 aromatic carbocycles. The summed E-state index contributed by atoms with van der Waals surface area (Å²) in [6.07, 6.45) is -10.8. The maximum Gasteiger partial charge on any atom is 0.416 e. The molecule has 0 aliphatic carbocycles. The van der Waals surface area contributed by atoms with Crippen LogP contribution in [-0.2, 0) is 23.6 Å². The number of likely N-dealkylation sites (tertiary alicyclic amines) is 1. The van der Waals surface area contributed by atoms with Crippen molar-refractivity contribution in [2.24, 2.45) is 0 Å². The van der Waals surface area contributed by atoms with Crippen molar-refractivity contribution in [1.29, 1.82) is 0 Å². The summed E-state index contributed by atoms with van der Waals surface area (Å²) in [6, 6.07) is 7.29. The lowest BCUT2D eigenvalue weighted by Crippen LogP contribution is -2.49. The first-order chi connectivity index (χ1) is 18.2. The third-order valence-electron chi connectivity index (χ3n) is 6.40. The normalized spacial score (nSPS) is 18.0. The predicted octanol–water partition coefficient (Wildman–Crippen LogP) is 5.51. The number of aliphatic hydroxyl groups excluding tert-OH is 1. The van der Waals surface area contributed by atoms with Crippen molar-refractivity contribution in [3.05, 3.63) is 70.3 Å². The van der Waals surface area contributed by atoms with Gasteiger partial charge in [0.2, 0.25) is 0 Å². The number of urea groups is 1. The molecule has 1 heterocycles. The minimum absolute atomic E-state index is 0.00771. The van der Waals surface area contributed by atoms with E-state index in [1.807, 2.05) is 19.1 Å². The largest absolute Gasteiger partial charge is 0.446 e. The van der Waals surface area contributed by atoms with E-state index in [0.717, 1.165) is 16.0 Å². The number of benzene rings is 2. The molecule has 2 aromatic rings. The molecule has 2 N–H and O–H groups in total. The van der Waals surface area contributed by atoms with E-state index in [-0.39, 0.29) is 44.2 Å². The highest BCUT2D eigenvalue weighted by molar-refractivity contribution is 5.75. The molecule has 0 unspecified atom stereocenters. The highest BCUT2D eigenvalue weighted by Crippen LogP contribution is 2.38. The third kappa shape index (κ3) is 7.78. The van der Waals surface area contributed by atoms with Crippen LogP contribution >= 0.6 is 0 Å². The summed E-state index contributed by atoms with van der Waals surface area (Å²) in [7, 11) is 1.30. The number of amides is 3. The highest BCUT2D eigenvalue weighted by atomic mass is 19.4. The van der Waals surface area contributed by atoms with Crippen molar-refractivity contribution in [2.75, 3.05) is 26.7 Å². The Bertz CT molecular complexity index is 1140. The summed E-state index contributed by atoms with van der Waals surface area (Å²) in [4.78, 5) is 28.0. The average Bonchev–Trinajstić information content (AvgIpc) is 2.86. The first-order valence-electron chi connectivity index (χ1n) is 12.1. The lowest BCUT2D eigenvalue weighted by atomic mass is 9.91. The van der Waals surface area contributed by atoms with Gasteiger partial charge in [0.25, 0.3) is 0 Å². The van der Waals surface area contributed by atoms with Gasteiger partial charge in [0.05, 0.1) is 23.8 Å². The first kappa shape index (κ1) is 30.1. The minimum Gasteiger partial charge on any atom is -0.446 e. The van der Waals surface area contributed by atoms with Crippen LogP contribution in [0.1, 0.15) is 46.7 Å². The Morgan fingerprint density at radius 3 is 2.26 bits per heavy atom. The number of ether oxygens (including phenoxy) is 1. The van der Waals surface area contributed by atoms with Crippen molar-refractivity contribution < 1.29 is 45.8 Å². The molecule has 1 saturated heterocycles. The van der Waals surface area contributed by atoms with Gasteiger partial charge >= 0.3 is 24.5 Å². The topological polar surface area (TPSA) is 82.1 Å². The number of nitrogens with zero attached hydrogens (tertiary/aromatic N) is 2.